The highest BCUT2D eigenvalue weighted by Gasteiger charge is 2.43. The maximum absolute atomic E-state index is 12.6. The van der Waals surface area contributed by atoms with Crippen molar-refractivity contribution in [3.8, 4) is 5.75 Å². The molecule has 3 unspecified atom stereocenters. The minimum atomic E-state index is -3.24. The molecule has 1 aliphatic heterocycles. The lowest BCUT2D eigenvalue weighted by Crippen LogP contribution is -2.42. The number of nitrogens with one attached hydrogen (secondary N) is 1. The second kappa shape index (κ2) is 4.74. The summed E-state index contributed by atoms with van der Waals surface area (Å²) in [5.41, 5.74) is 0.863. The second-order valence-corrected chi connectivity index (χ2v) is 8.21. The molecule has 0 amide bonds. The molecule has 3 rings (SSSR count). The lowest BCUT2D eigenvalue weighted by atomic mass is 9.91. The van der Waals surface area contributed by atoms with Crippen LogP contribution < -0.4 is 10.1 Å². The first kappa shape index (κ1) is 13.9. The average molecular weight is 295 g/mol. The van der Waals surface area contributed by atoms with E-state index in [1.54, 1.807) is 19.2 Å². The summed E-state index contributed by atoms with van der Waals surface area (Å²) in [6.45, 7) is 3.83. The van der Waals surface area contributed by atoms with E-state index >= 15 is 0 Å². The van der Waals surface area contributed by atoms with Gasteiger partial charge in [0.2, 0.25) is 0 Å². The third kappa shape index (κ3) is 2.13. The summed E-state index contributed by atoms with van der Waals surface area (Å²) in [5, 5.41) is 3.24. The molecule has 3 atom stereocenters. The van der Waals surface area contributed by atoms with Crippen LogP contribution in [0.1, 0.15) is 38.3 Å². The van der Waals surface area contributed by atoms with E-state index in [0.29, 0.717) is 16.7 Å². The van der Waals surface area contributed by atoms with Crippen LogP contribution in [0.25, 0.3) is 0 Å². The van der Waals surface area contributed by atoms with Crippen molar-refractivity contribution < 1.29 is 13.2 Å². The van der Waals surface area contributed by atoms with E-state index < -0.39 is 9.84 Å². The fourth-order valence-corrected chi connectivity index (χ4v) is 4.83. The zero-order chi connectivity index (χ0) is 14.5. The van der Waals surface area contributed by atoms with Crippen LogP contribution in [-0.2, 0) is 9.84 Å². The van der Waals surface area contributed by atoms with Crippen LogP contribution in [0.3, 0.4) is 0 Å². The van der Waals surface area contributed by atoms with Crippen LogP contribution in [0.4, 0.5) is 0 Å². The Hall–Kier alpha value is -1.07. The molecule has 2 aliphatic rings. The maximum atomic E-state index is 12.6. The largest absolute Gasteiger partial charge is 0.497 e. The molecule has 20 heavy (non-hydrogen) atoms. The Balaban J connectivity index is 2.12. The highest BCUT2D eigenvalue weighted by atomic mass is 32.2. The minimum Gasteiger partial charge on any atom is -0.497 e. The molecule has 1 aliphatic carbocycles. The van der Waals surface area contributed by atoms with Crippen LogP contribution in [0.15, 0.2) is 23.1 Å². The predicted octanol–water partition coefficient (Wildman–Crippen LogP) is 2.30. The number of benzene rings is 1. The van der Waals surface area contributed by atoms with Crippen molar-refractivity contribution in [1.82, 2.24) is 5.32 Å². The van der Waals surface area contributed by atoms with Crippen molar-refractivity contribution in [2.45, 2.75) is 48.9 Å². The van der Waals surface area contributed by atoms with Crippen molar-refractivity contribution in [2.24, 2.45) is 5.92 Å². The molecule has 1 heterocycles. The van der Waals surface area contributed by atoms with Crippen LogP contribution in [0.2, 0.25) is 0 Å². The zero-order valence-electron chi connectivity index (χ0n) is 12.1. The number of sulfone groups is 1. The van der Waals surface area contributed by atoms with E-state index in [1.807, 2.05) is 19.9 Å². The third-order valence-electron chi connectivity index (χ3n) is 4.61. The van der Waals surface area contributed by atoms with Crippen molar-refractivity contribution in [2.75, 3.05) is 7.11 Å². The van der Waals surface area contributed by atoms with E-state index in [2.05, 4.69) is 5.32 Å². The van der Waals surface area contributed by atoms with Gasteiger partial charge >= 0.3 is 0 Å². The first-order valence-electron chi connectivity index (χ1n) is 7.13. The van der Waals surface area contributed by atoms with Crippen molar-refractivity contribution >= 4 is 9.84 Å². The Morgan fingerprint density at radius 3 is 2.55 bits per heavy atom. The lowest BCUT2D eigenvalue weighted by Gasteiger charge is -2.36. The Labute approximate surface area is 120 Å². The van der Waals surface area contributed by atoms with Crippen LogP contribution in [0.5, 0.6) is 5.75 Å². The number of ether oxygens (including phenoxy) is 1. The average Bonchev–Trinajstić information content (AvgIpc) is 3.25. The third-order valence-corrected chi connectivity index (χ3v) is 7.00. The number of hydrogen-bond donors (Lipinski definition) is 1. The molecule has 1 fully saturated rings. The summed E-state index contributed by atoms with van der Waals surface area (Å²) in [6, 6.07) is 5.91. The highest BCUT2D eigenvalue weighted by Crippen LogP contribution is 2.42. The highest BCUT2D eigenvalue weighted by molar-refractivity contribution is 7.92. The molecule has 0 radical (unpaired) electrons. The zero-order valence-corrected chi connectivity index (χ0v) is 12.9. The summed E-state index contributed by atoms with van der Waals surface area (Å²) in [5.74, 6) is 0.767. The molecule has 110 valence electrons. The molecular formula is C15H21NO3S. The summed E-state index contributed by atoms with van der Waals surface area (Å²) < 4.78 is 30.4. The quantitative estimate of drug-likeness (QED) is 0.929. The summed E-state index contributed by atoms with van der Waals surface area (Å²) in [7, 11) is -1.63. The smallest absolute Gasteiger partial charge is 0.181 e. The molecule has 0 saturated heterocycles. The Morgan fingerprint density at radius 2 is 1.95 bits per heavy atom. The topological polar surface area (TPSA) is 55.4 Å². The van der Waals surface area contributed by atoms with Crippen molar-refractivity contribution in [1.29, 1.82) is 0 Å². The molecule has 0 spiro atoms. The van der Waals surface area contributed by atoms with Crippen molar-refractivity contribution in [3.63, 3.8) is 0 Å². The van der Waals surface area contributed by atoms with E-state index in [4.69, 9.17) is 4.74 Å². The van der Waals surface area contributed by atoms with Gasteiger partial charge in [0, 0.05) is 12.1 Å². The normalized spacial score (nSPS) is 31.6. The van der Waals surface area contributed by atoms with E-state index in [9.17, 15) is 8.42 Å². The standard InChI is InChI=1S/C15H21NO3S/c1-9-10(2)20(17,18)14-7-6-12(19-3)8-13(14)15(9)16-11-4-5-11/h6-11,15-16H,4-5H2,1-3H3. The monoisotopic (exact) mass is 295 g/mol. The van der Waals surface area contributed by atoms with E-state index in [1.165, 1.54) is 12.8 Å². The molecule has 0 aromatic heterocycles. The number of hydrogen-bond acceptors (Lipinski definition) is 4. The molecule has 1 aromatic carbocycles. The predicted molar refractivity (Wildman–Crippen MR) is 77.7 cm³/mol. The van der Waals surface area contributed by atoms with E-state index in [0.717, 1.165) is 5.56 Å². The maximum Gasteiger partial charge on any atom is 0.181 e. The molecule has 1 N–H and O–H groups in total. The first-order chi connectivity index (χ1) is 9.45. The summed E-state index contributed by atoms with van der Waals surface area (Å²) >= 11 is 0. The van der Waals surface area contributed by atoms with Gasteiger partial charge in [-0.1, -0.05) is 6.92 Å². The minimum absolute atomic E-state index is 0.0557. The Morgan fingerprint density at radius 1 is 1.25 bits per heavy atom. The van der Waals surface area contributed by atoms with Crippen LogP contribution in [0, 0.1) is 5.92 Å². The summed E-state index contributed by atoms with van der Waals surface area (Å²) in [4.78, 5) is 0.460. The van der Waals surface area contributed by atoms with Gasteiger partial charge in [-0.05, 0) is 49.4 Å². The van der Waals surface area contributed by atoms with Gasteiger partial charge in [-0.2, -0.15) is 0 Å². The van der Waals surface area contributed by atoms with Gasteiger partial charge < -0.3 is 10.1 Å². The summed E-state index contributed by atoms with van der Waals surface area (Å²) in [6.07, 6.45) is 2.37. The van der Waals surface area contributed by atoms with Gasteiger partial charge in [0.15, 0.2) is 9.84 Å². The van der Waals surface area contributed by atoms with Gasteiger partial charge in [-0.25, -0.2) is 8.42 Å². The number of fused-ring (bicyclic) bond motifs is 1. The second-order valence-electron chi connectivity index (χ2n) is 5.93. The Bertz CT molecular complexity index is 622. The molecular weight excluding hydrogens is 274 g/mol. The number of methoxy groups -OCH3 is 1. The Kier molecular flexibility index (Phi) is 3.29. The fourth-order valence-electron chi connectivity index (χ4n) is 2.94. The SMILES string of the molecule is COc1ccc2c(c1)C(NC1CC1)C(C)C(C)S2(=O)=O. The first-order valence-corrected chi connectivity index (χ1v) is 8.67. The van der Waals surface area contributed by atoms with Gasteiger partial charge in [-0.15, -0.1) is 0 Å². The van der Waals surface area contributed by atoms with E-state index in [-0.39, 0.29) is 17.2 Å². The number of rotatable bonds is 3. The van der Waals surface area contributed by atoms with Gasteiger partial charge in [-0.3, -0.25) is 0 Å². The van der Waals surface area contributed by atoms with Gasteiger partial charge in [0.1, 0.15) is 5.75 Å². The van der Waals surface area contributed by atoms with Crippen LogP contribution in [-0.4, -0.2) is 26.8 Å². The van der Waals surface area contributed by atoms with Gasteiger partial charge in [0.25, 0.3) is 0 Å². The molecule has 0 bridgehead atoms. The molecule has 4 nitrogen and oxygen atoms in total. The van der Waals surface area contributed by atoms with Crippen LogP contribution >= 0.6 is 0 Å². The lowest BCUT2D eigenvalue weighted by molar-refractivity contribution is 0.352. The molecule has 1 aromatic rings. The fraction of sp³-hybridized carbons (Fsp3) is 0.600. The molecule has 1 saturated carbocycles. The van der Waals surface area contributed by atoms with Crippen molar-refractivity contribution in [3.05, 3.63) is 23.8 Å². The molecule has 5 heteroatoms. The van der Waals surface area contributed by atoms with Gasteiger partial charge in [0.05, 0.1) is 17.3 Å².